The van der Waals surface area contributed by atoms with Gasteiger partial charge in [0, 0.05) is 36.5 Å². The number of likely N-dealkylation sites (tertiary alicyclic amines) is 1. The van der Waals surface area contributed by atoms with Crippen molar-refractivity contribution in [3.63, 3.8) is 0 Å². The van der Waals surface area contributed by atoms with Crippen molar-refractivity contribution < 1.29 is 18.7 Å². The fourth-order valence-electron chi connectivity index (χ4n) is 3.27. The number of aryl methyl sites for hydroxylation is 1. The Bertz CT molecular complexity index is 852. The van der Waals surface area contributed by atoms with E-state index in [4.69, 9.17) is 32.4 Å². The van der Waals surface area contributed by atoms with Crippen LogP contribution in [-0.4, -0.2) is 41.5 Å². The molecular weight excluding hydrogens is 403 g/mol. The Morgan fingerprint density at radius 1 is 1.36 bits per heavy atom. The van der Waals surface area contributed by atoms with Crippen LogP contribution in [0.3, 0.4) is 0 Å². The number of halogens is 2. The third kappa shape index (κ3) is 5.06. The SMILES string of the molecule is CCOC(=O)[C@H]1CCCN(C(=O)CCc2ncc(-c3ccc(Cl)cc3Cl)o2)C1. The first-order chi connectivity index (χ1) is 13.5. The number of esters is 1. The molecule has 2 heterocycles. The van der Waals surface area contributed by atoms with Crippen molar-refractivity contribution in [3.05, 3.63) is 40.3 Å². The van der Waals surface area contributed by atoms with Crippen molar-refractivity contribution >= 4 is 35.1 Å². The highest BCUT2D eigenvalue weighted by atomic mass is 35.5. The average Bonchev–Trinajstić information content (AvgIpc) is 3.15. The smallest absolute Gasteiger partial charge is 0.310 e. The van der Waals surface area contributed by atoms with Crippen LogP contribution >= 0.6 is 23.2 Å². The Morgan fingerprint density at radius 2 is 2.18 bits per heavy atom. The first-order valence-corrected chi connectivity index (χ1v) is 10.1. The average molecular weight is 425 g/mol. The topological polar surface area (TPSA) is 72.6 Å². The molecule has 1 aromatic carbocycles. The van der Waals surface area contributed by atoms with Crippen LogP contribution in [0.15, 0.2) is 28.8 Å². The molecule has 28 heavy (non-hydrogen) atoms. The number of carbonyl (C=O) groups is 2. The number of oxazole rings is 1. The van der Waals surface area contributed by atoms with Crippen LogP contribution in [0.5, 0.6) is 0 Å². The first kappa shape index (κ1) is 20.7. The number of ether oxygens (including phenoxy) is 1. The molecule has 0 unspecified atom stereocenters. The molecule has 1 aliphatic rings. The molecular formula is C20H22Cl2N2O4. The van der Waals surface area contributed by atoms with Crippen LogP contribution < -0.4 is 0 Å². The van der Waals surface area contributed by atoms with Gasteiger partial charge in [-0.1, -0.05) is 23.2 Å². The fourth-order valence-corrected chi connectivity index (χ4v) is 3.77. The highest BCUT2D eigenvalue weighted by molar-refractivity contribution is 6.36. The molecule has 0 aliphatic carbocycles. The largest absolute Gasteiger partial charge is 0.466 e. The Balaban J connectivity index is 1.56. The predicted octanol–water partition coefficient (Wildman–Crippen LogP) is 4.38. The molecule has 0 N–H and O–H groups in total. The van der Waals surface area contributed by atoms with Gasteiger partial charge in [-0.15, -0.1) is 0 Å². The molecule has 1 amide bonds. The molecule has 1 aromatic heterocycles. The van der Waals surface area contributed by atoms with E-state index in [9.17, 15) is 9.59 Å². The standard InChI is InChI=1S/C20H22Cl2N2O4/c1-2-27-20(26)13-4-3-9-24(12-13)19(25)8-7-18-23-11-17(28-18)15-6-5-14(21)10-16(15)22/h5-6,10-11,13H,2-4,7-9,12H2,1H3/t13-/m0/s1. The quantitative estimate of drug-likeness (QED) is 0.643. The second-order valence-corrected chi connectivity index (χ2v) is 7.52. The molecule has 0 radical (unpaired) electrons. The first-order valence-electron chi connectivity index (χ1n) is 9.32. The van der Waals surface area contributed by atoms with Crippen LogP contribution in [-0.2, 0) is 20.7 Å². The van der Waals surface area contributed by atoms with Gasteiger partial charge in [0.25, 0.3) is 0 Å². The lowest BCUT2D eigenvalue weighted by molar-refractivity contribution is -0.151. The normalized spacial score (nSPS) is 16.8. The lowest BCUT2D eigenvalue weighted by Crippen LogP contribution is -2.42. The highest BCUT2D eigenvalue weighted by Gasteiger charge is 2.29. The third-order valence-electron chi connectivity index (χ3n) is 4.70. The van der Waals surface area contributed by atoms with Crippen molar-refractivity contribution in [2.24, 2.45) is 5.92 Å². The van der Waals surface area contributed by atoms with E-state index in [1.54, 1.807) is 36.2 Å². The number of rotatable bonds is 6. The summed E-state index contributed by atoms with van der Waals surface area (Å²) in [6, 6.07) is 5.13. The summed E-state index contributed by atoms with van der Waals surface area (Å²) in [5.74, 6) is 0.520. The number of benzene rings is 1. The summed E-state index contributed by atoms with van der Waals surface area (Å²) in [5.41, 5.74) is 0.699. The van der Waals surface area contributed by atoms with Gasteiger partial charge in [-0.05, 0) is 38.0 Å². The summed E-state index contributed by atoms with van der Waals surface area (Å²) < 4.78 is 10.8. The van der Waals surface area contributed by atoms with Gasteiger partial charge in [0.1, 0.15) is 0 Å². The number of hydrogen-bond donors (Lipinski definition) is 0. The van der Waals surface area contributed by atoms with Crippen molar-refractivity contribution in [2.75, 3.05) is 19.7 Å². The molecule has 150 valence electrons. The Labute approximate surface area is 173 Å². The number of aromatic nitrogens is 1. The highest BCUT2D eigenvalue weighted by Crippen LogP contribution is 2.31. The lowest BCUT2D eigenvalue weighted by atomic mass is 9.98. The number of nitrogens with zero attached hydrogens (tertiary/aromatic N) is 2. The zero-order chi connectivity index (χ0) is 20.1. The van der Waals surface area contributed by atoms with Gasteiger partial charge in [-0.3, -0.25) is 9.59 Å². The van der Waals surface area contributed by atoms with Crippen LogP contribution in [0, 0.1) is 5.92 Å². The Kier molecular flexibility index (Phi) is 6.97. The number of hydrogen-bond acceptors (Lipinski definition) is 5. The molecule has 1 saturated heterocycles. The van der Waals surface area contributed by atoms with Gasteiger partial charge in [-0.25, -0.2) is 4.98 Å². The van der Waals surface area contributed by atoms with E-state index in [0.717, 1.165) is 12.8 Å². The van der Waals surface area contributed by atoms with E-state index in [1.165, 1.54) is 0 Å². The van der Waals surface area contributed by atoms with Gasteiger partial charge in [0.2, 0.25) is 5.91 Å². The fraction of sp³-hybridized carbons (Fsp3) is 0.450. The summed E-state index contributed by atoms with van der Waals surface area (Å²) in [5, 5.41) is 1.02. The van der Waals surface area contributed by atoms with E-state index >= 15 is 0 Å². The summed E-state index contributed by atoms with van der Waals surface area (Å²) in [6.45, 7) is 3.21. The summed E-state index contributed by atoms with van der Waals surface area (Å²) in [4.78, 5) is 30.4. The maximum Gasteiger partial charge on any atom is 0.310 e. The van der Waals surface area contributed by atoms with Crippen LogP contribution in [0.4, 0.5) is 0 Å². The summed E-state index contributed by atoms with van der Waals surface area (Å²) in [7, 11) is 0. The Hall–Kier alpha value is -2.05. The van der Waals surface area contributed by atoms with E-state index in [1.807, 2.05) is 0 Å². The predicted molar refractivity (Wildman–Crippen MR) is 106 cm³/mol. The second kappa shape index (κ2) is 9.43. The van der Waals surface area contributed by atoms with Crippen molar-refractivity contribution in [1.82, 2.24) is 9.88 Å². The molecule has 2 aromatic rings. The zero-order valence-electron chi connectivity index (χ0n) is 15.6. The maximum absolute atomic E-state index is 12.5. The van der Waals surface area contributed by atoms with Crippen LogP contribution in [0.2, 0.25) is 10.0 Å². The van der Waals surface area contributed by atoms with E-state index in [2.05, 4.69) is 4.98 Å². The van der Waals surface area contributed by atoms with Crippen LogP contribution in [0.1, 0.15) is 32.1 Å². The van der Waals surface area contributed by atoms with Gasteiger partial charge in [-0.2, -0.15) is 0 Å². The number of carbonyl (C=O) groups excluding carboxylic acids is 2. The third-order valence-corrected chi connectivity index (χ3v) is 5.24. The van der Waals surface area contributed by atoms with E-state index in [-0.39, 0.29) is 24.2 Å². The molecule has 6 nitrogen and oxygen atoms in total. The zero-order valence-corrected chi connectivity index (χ0v) is 17.1. The molecule has 0 bridgehead atoms. The molecule has 1 fully saturated rings. The van der Waals surface area contributed by atoms with Crippen LogP contribution in [0.25, 0.3) is 11.3 Å². The lowest BCUT2D eigenvalue weighted by Gasteiger charge is -2.31. The van der Waals surface area contributed by atoms with Gasteiger partial charge < -0.3 is 14.1 Å². The second-order valence-electron chi connectivity index (χ2n) is 6.67. The maximum atomic E-state index is 12.5. The van der Waals surface area contributed by atoms with E-state index in [0.29, 0.717) is 53.4 Å². The molecule has 1 atom stereocenters. The van der Waals surface area contributed by atoms with Crippen molar-refractivity contribution in [1.29, 1.82) is 0 Å². The minimum Gasteiger partial charge on any atom is -0.466 e. The minimum absolute atomic E-state index is 0.0155. The van der Waals surface area contributed by atoms with Gasteiger partial charge >= 0.3 is 5.97 Å². The number of amides is 1. The summed E-state index contributed by atoms with van der Waals surface area (Å²) >= 11 is 12.1. The number of piperidine rings is 1. The monoisotopic (exact) mass is 424 g/mol. The van der Waals surface area contributed by atoms with Crippen molar-refractivity contribution in [3.8, 4) is 11.3 Å². The summed E-state index contributed by atoms with van der Waals surface area (Å²) in [6.07, 6.45) is 3.79. The minimum atomic E-state index is -0.238. The molecule has 1 aliphatic heterocycles. The molecule has 0 saturated carbocycles. The molecule has 8 heteroatoms. The van der Waals surface area contributed by atoms with Gasteiger partial charge in [0.15, 0.2) is 11.7 Å². The molecule has 0 spiro atoms. The molecule has 3 rings (SSSR count). The van der Waals surface area contributed by atoms with Gasteiger partial charge in [0.05, 0.1) is 23.7 Å². The van der Waals surface area contributed by atoms with Crippen molar-refractivity contribution in [2.45, 2.75) is 32.6 Å². The Morgan fingerprint density at radius 3 is 2.93 bits per heavy atom. The van der Waals surface area contributed by atoms with E-state index < -0.39 is 0 Å².